The summed E-state index contributed by atoms with van der Waals surface area (Å²) in [6.07, 6.45) is 2.39. The number of anilines is 3. The van der Waals surface area contributed by atoms with Crippen molar-refractivity contribution in [2.24, 2.45) is 0 Å². The molecule has 27 heavy (non-hydrogen) atoms. The lowest BCUT2D eigenvalue weighted by Crippen LogP contribution is -2.22. The van der Waals surface area contributed by atoms with Crippen LogP contribution in [0.4, 0.5) is 21.5 Å². The van der Waals surface area contributed by atoms with Crippen LogP contribution < -0.4 is 16.0 Å². The molecule has 0 saturated carbocycles. The molecule has 3 N–H and O–H groups in total. The predicted molar refractivity (Wildman–Crippen MR) is 102 cm³/mol. The zero-order valence-electron chi connectivity index (χ0n) is 15.1. The second-order valence-electron chi connectivity index (χ2n) is 6.55. The molecule has 0 aromatic heterocycles. The number of nitrogens with two attached hydrogens (primary N) is 1. The fraction of sp³-hybridized carbons (Fsp3) is 0.300. The molecule has 0 bridgehead atoms. The molecule has 1 fully saturated rings. The average molecular weight is 371 g/mol. The van der Waals surface area contributed by atoms with E-state index in [0.717, 1.165) is 36.5 Å². The number of carbonyl (C=O) groups excluding carboxylic acids is 2. The van der Waals surface area contributed by atoms with Crippen LogP contribution in [0.3, 0.4) is 0 Å². The third-order valence-electron chi connectivity index (χ3n) is 4.52. The first-order valence-electron chi connectivity index (χ1n) is 8.81. The maximum atomic E-state index is 13.0. The highest BCUT2D eigenvalue weighted by Gasteiger charge is 2.16. The van der Waals surface area contributed by atoms with Crippen molar-refractivity contribution in [3.8, 4) is 0 Å². The molecule has 142 valence electrons. The number of ether oxygens (including phenoxy) is 1. The van der Waals surface area contributed by atoms with Gasteiger partial charge in [0.05, 0.1) is 5.56 Å². The molecule has 1 saturated heterocycles. The van der Waals surface area contributed by atoms with Crippen LogP contribution in [0.25, 0.3) is 0 Å². The minimum Gasteiger partial charge on any atom is -0.452 e. The Balaban J connectivity index is 1.56. The lowest BCUT2D eigenvalue weighted by Gasteiger charge is -2.19. The van der Waals surface area contributed by atoms with Gasteiger partial charge in [0.2, 0.25) is 0 Å². The lowest BCUT2D eigenvalue weighted by molar-refractivity contribution is -0.119. The molecule has 2 aromatic rings. The zero-order valence-corrected chi connectivity index (χ0v) is 15.1. The molecule has 7 heteroatoms. The van der Waals surface area contributed by atoms with E-state index in [-0.39, 0.29) is 11.3 Å². The molecular weight excluding hydrogens is 349 g/mol. The van der Waals surface area contributed by atoms with Gasteiger partial charge in [-0.1, -0.05) is 0 Å². The van der Waals surface area contributed by atoms with Gasteiger partial charge in [0.25, 0.3) is 5.91 Å². The van der Waals surface area contributed by atoms with E-state index in [1.165, 1.54) is 18.9 Å². The van der Waals surface area contributed by atoms with Crippen LogP contribution in [0, 0.1) is 12.7 Å². The average Bonchev–Trinajstić information content (AvgIpc) is 3.16. The summed E-state index contributed by atoms with van der Waals surface area (Å²) < 4.78 is 18.0. The van der Waals surface area contributed by atoms with Gasteiger partial charge in [0, 0.05) is 30.2 Å². The zero-order chi connectivity index (χ0) is 19.4. The number of nitrogens with one attached hydrogen (secondary N) is 1. The first-order chi connectivity index (χ1) is 12.9. The van der Waals surface area contributed by atoms with Crippen molar-refractivity contribution >= 4 is 28.9 Å². The maximum Gasteiger partial charge on any atom is 0.340 e. The Kier molecular flexibility index (Phi) is 5.59. The molecule has 0 unspecified atom stereocenters. The first kappa shape index (κ1) is 18.7. The molecule has 3 rings (SSSR count). The van der Waals surface area contributed by atoms with E-state index >= 15 is 0 Å². The summed E-state index contributed by atoms with van der Waals surface area (Å²) in [4.78, 5) is 26.4. The van der Waals surface area contributed by atoms with E-state index in [1.807, 2.05) is 25.1 Å². The van der Waals surface area contributed by atoms with Gasteiger partial charge in [-0.25, -0.2) is 9.18 Å². The third kappa shape index (κ3) is 4.55. The van der Waals surface area contributed by atoms with Crippen LogP contribution in [-0.4, -0.2) is 31.6 Å². The van der Waals surface area contributed by atoms with Gasteiger partial charge in [-0.05, 0) is 61.7 Å². The molecule has 0 aliphatic carbocycles. The number of hydrogen-bond acceptors (Lipinski definition) is 5. The summed E-state index contributed by atoms with van der Waals surface area (Å²) >= 11 is 0. The van der Waals surface area contributed by atoms with E-state index < -0.39 is 24.3 Å². The van der Waals surface area contributed by atoms with Crippen molar-refractivity contribution in [1.29, 1.82) is 0 Å². The summed E-state index contributed by atoms with van der Waals surface area (Å²) in [6, 6.07) is 9.22. The van der Waals surface area contributed by atoms with E-state index in [9.17, 15) is 14.0 Å². The molecule has 1 amide bonds. The van der Waals surface area contributed by atoms with Crippen LogP contribution in [0.5, 0.6) is 0 Å². The highest BCUT2D eigenvalue weighted by atomic mass is 19.1. The molecule has 0 radical (unpaired) electrons. The Labute approximate surface area is 157 Å². The maximum absolute atomic E-state index is 13.0. The summed E-state index contributed by atoms with van der Waals surface area (Å²) in [5.41, 5.74) is 8.32. The molecule has 1 aliphatic heterocycles. The summed E-state index contributed by atoms with van der Waals surface area (Å²) in [5.74, 6) is -1.78. The molecule has 0 atom stereocenters. The van der Waals surface area contributed by atoms with Gasteiger partial charge in [0.1, 0.15) is 5.82 Å². The highest BCUT2D eigenvalue weighted by molar-refractivity contribution is 5.98. The van der Waals surface area contributed by atoms with Crippen molar-refractivity contribution in [2.45, 2.75) is 19.8 Å². The fourth-order valence-corrected chi connectivity index (χ4v) is 3.07. The summed E-state index contributed by atoms with van der Waals surface area (Å²) in [7, 11) is 0. The molecule has 1 aliphatic rings. The monoisotopic (exact) mass is 371 g/mol. The van der Waals surface area contributed by atoms with Crippen LogP contribution >= 0.6 is 0 Å². The highest BCUT2D eigenvalue weighted by Crippen LogP contribution is 2.25. The Hall–Kier alpha value is -3.09. The van der Waals surface area contributed by atoms with Crippen molar-refractivity contribution in [3.05, 3.63) is 53.3 Å². The number of amides is 1. The Bertz CT molecular complexity index is 864. The van der Waals surface area contributed by atoms with Crippen LogP contribution in [0.15, 0.2) is 36.4 Å². The van der Waals surface area contributed by atoms with Crippen molar-refractivity contribution < 1.29 is 18.7 Å². The number of benzene rings is 2. The topological polar surface area (TPSA) is 84.7 Å². The SMILES string of the molecule is Cc1cc(N2CCCC2)ccc1NC(=O)COC(=O)c1ccc(F)cc1N. The summed E-state index contributed by atoms with van der Waals surface area (Å²) in [5, 5.41) is 2.73. The normalized spacial score (nSPS) is 13.5. The minimum absolute atomic E-state index is 0.0235. The van der Waals surface area contributed by atoms with Crippen molar-refractivity contribution in [1.82, 2.24) is 0 Å². The molecule has 6 nitrogen and oxygen atoms in total. The Morgan fingerprint density at radius 2 is 1.93 bits per heavy atom. The van der Waals surface area contributed by atoms with Gasteiger partial charge in [-0.15, -0.1) is 0 Å². The second-order valence-corrected chi connectivity index (χ2v) is 6.55. The Morgan fingerprint density at radius 3 is 2.59 bits per heavy atom. The van der Waals surface area contributed by atoms with Gasteiger partial charge >= 0.3 is 5.97 Å². The van der Waals surface area contributed by atoms with Crippen molar-refractivity contribution in [3.63, 3.8) is 0 Å². The van der Waals surface area contributed by atoms with E-state index in [4.69, 9.17) is 10.5 Å². The second kappa shape index (κ2) is 8.07. The smallest absolute Gasteiger partial charge is 0.340 e. The molecule has 0 spiro atoms. The molecule has 2 aromatic carbocycles. The van der Waals surface area contributed by atoms with E-state index in [2.05, 4.69) is 10.2 Å². The van der Waals surface area contributed by atoms with Gasteiger partial charge in [-0.3, -0.25) is 4.79 Å². The van der Waals surface area contributed by atoms with Crippen LogP contribution in [0.1, 0.15) is 28.8 Å². The largest absolute Gasteiger partial charge is 0.452 e. The van der Waals surface area contributed by atoms with E-state index in [1.54, 1.807) is 0 Å². The minimum atomic E-state index is -0.774. The predicted octanol–water partition coefficient (Wildman–Crippen LogP) is 3.11. The molecule has 1 heterocycles. The van der Waals surface area contributed by atoms with Gasteiger partial charge < -0.3 is 20.7 Å². The third-order valence-corrected chi connectivity index (χ3v) is 4.52. The lowest BCUT2D eigenvalue weighted by atomic mass is 10.1. The van der Waals surface area contributed by atoms with Crippen LogP contribution in [-0.2, 0) is 9.53 Å². The number of rotatable bonds is 5. The summed E-state index contributed by atoms with van der Waals surface area (Å²) in [6.45, 7) is 3.56. The van der Waals surface area contributed by atoms with Crippen LogP contribution in [0.2, 0.25) is 0 Å². The standard InChI is InChI=1S/C20H22FN3O3/c1-13-10-15(24-8-2-3-9-24)5-7-18(13)23-19(25)12-27-20(26)16-6-4-14(21)11-17(16)22/h4-7,10-11H,2-3,8-9,12,22H2,1H3,(H,23,25). The number of carbonyl (C=O) groups is 2. The number of hydrogen-bond donors (Lipinski definition) is 2. The van der Waals surface area contributed by atoms with Gasteiger partial charge in [0.15, 0.2) is 6.61 Å². The number of aryl methyl sites for hydroxylation is 1. The van der Waals surface area contributed by atoms with E-state index in [0.29, 0.717) is 5.69 Å². The quantitative estimate of drug-likeness (QED) is 0.623. The first-order valence-corrected chi connectivity index (χ1v) is 8.81. The number of nitrogen functional groups attached to an aromatic ring is 1. The Morgan fingerprint density at radius 1 is 1.19 bits per heavy atom. The number of nitrogens with zero attached hydrogens (tertiary/aromatic N) is 1. The molecular formula is C20H22FN3O3. The van der Waals surface area contributed by atoms with Crippen molar-refractivity contribution in [2.75, 3.05) is 35.6 Å². The number of esters is 1. The number of halogens is 1. The fourth-order valence-electron chi connectivity index (χ4n) is 3.07. The van der Waals surface area contributed by atoms with Gasteiger partial charge in [-0.2, -0.15) is 0 Å².